The molecule has 0 radical (unpaired) electrons. The Labute approximate surface area is 148 Å². The topological polar surface area (TPSA) is 18.8 Å². The summed E-state index contributed by atoms with van der Waals surface area (Å²) in [6.07, 6.45) is 12.0. The molecule has 2 unspecified atom stereocenters. The molecular formula is C20H30N3P. The molecule has 1 aromatic rings. The molecule has 3 aliphatic rings. The second-order valence-electron chi connectivity index (χ2n) is 7.42. The summed E-state index contributed by atoms with van der Waals surface area (Å²) in [4.78, 5) is 4.82. The highest BCUT2D eigenvalue weighted by molar-refractivity contribution is 7.53. The van der Waals surface area contributed by atoms with Gasteiger partial charge in [0.05, 0.1) is 5.69 Å². The Morgan fingerprint density at radius 1 is 0.833 bits per heavy atom. The Morgan fingerprint density at radius 3 is 2.08 bits per heavy atom. The third-order valence-corrected chi connectivity index (χ3v) is 8.94. The Kier molecular flexibility index (Phi) is 5.62. The minimum absolute atomic E-state index is 0.108. The summed E-state index contributed by atoms with van der Waals surface area (Å²) in [5.41, 5.74) is 1.94. The monoisotopic (exact) mass is 343 g/mol. The van der Waals surface area contributed by atoms with Crippen LogP contribution in [0.5, 0.6) is 0 Å². The van der Waals surface area contributed by atoms with Gasteiger partial charge in [-0.15, -0.1) is 0 Å². The fourth-order valence-corrected chi connectivity index (χ4v) is 8.10. The molecule has 2 heterocycles. The number of hydrogen-bond donors (Lipinski definition) is 0. The first-order chi connectivity index (χ1) is 11.9. The lowest BCUT2D eigenvalue weighted by Crippen LogP contribution is -2.33. The molecule has 2 aliphatic heterocycles. The van der Waals surface area contributed by atoms with Crippen LogP contribution < -0.4 is 0 Å². The normalized spacial score (nSPS) is 29.4. The number of rotatable bonds is 5. The summed E-state index contributed by atoms with van der Waals surface area (Å²) < 4.78 is 5.72. The van der Waals surface area contributed by atoms with E-state index in [-0.39, 0.29) is 8.22 Å². The molecule has 0 bridgehead atoms. The minimum atomic E-state index is -0.108. The maximum Gasteiger partial charge on any atom is 0.0625 e. The van der Waals surface area contributed by atoms with Crippen LogP contribution in [0.4, 0.5) is 5.69 Å². The van der Waals surface area contributed by atoms with Gasteiger partial charge in [0.1, 0.15) is 0 Å². The van der Waals surface area contributed by atoms with E-state index in [1.54, 1.807) is 0 Å². The smallest absolute Gasteiger partial charge is 0.0625 e. The molecule has 3 fully saturated rings. The average Bonchev–Trinajstić information content (AvgIpc) is 3.39. The van der Waals surface area contributed by atoms with Crippen LogP contribution in [0, 0.1) is 5.92 Å². The van der Waals surface area contributed by atoms with Crippen molar-refractivity contribution in [2.75, 3.05) is 26.2 Å². The molecule has 0 spiro atoms. The number of benzene rings is 1. The third-order valence-electron chi connectivity index (χ3n) is 5.74. The molecule has 0 N–H and O–H groups in total. The molecule has 1 saturated carbocycles. The zero-order chi connectivity index (χ0) is 16.2. The van der Waals surface area contributed by atoms with Gasteiger partial charge in [0, 0.05) is 52.2 Å². The van der Waals surface area contributed by atoms with Crippen molar-refractivity contribution in [2.45, 2.75) is 50.6 Å². The van der Waals surface area contributed by atoms with E-state index in [2.05, 4.69) is 45.9 Å². The third kappa shape index (κ3) is 3.74. The van der Waals surface area contributed by atoms with Crippen molar-refractivity contribution in [2.24, 2.45) is 10.9 Å². The van der Waals surface area contributed by atoms with Crippen LogP contribution in [-0.2, 0) is 0 Å². The van der Waals surface area contributed by atoms with Crippen molar-refractivity contribution in [3.8, 4) is 0 Å². The zero-order valence-corrected chi connectivity index (χ0v) is 15.6. The van der Waals surface area contributed by atoms with Gasteiger partial charge in [-0.05, 0) is 50.7 Å². The summed E-state index contributed by atoms with van der Waals surface area (Å²) in [7, 11) is -0.108. The minimum Gasteiger partial charge on any atom is -0.270 e. The van der Waals surface area contributed by atoms with Crippen LogP contribution in [0.3, 0.4) is 0 Å². The van der Waals surface area contributed by atoms with Gasteiger partial charge in [-0.25, -0.2) is 0 Å². The maximum absolute atomic E-state index is 4.82. The first-order valence-electron chi connectivity index (χ1n) is 9.80. The van der Waals surface area contributed by atoms with Crippen molar-refractivity contribution >= 4 is 20.1 Å². The van der Waals surface area contributed by atoms with Crippen molar-refractivity contribution < 1.29 is 0 Å². The van der Waals surface area contributed by atoms with Gasteiger partial charge >= 0.3 is 0 Å². The van der Waals surface area contributed by atoms with Gasteiger partial charge in [-0.3, -0.25) is 14.3 Å². The molecule has 1 aromatic carbocycles. The van der Waals surface area contributed by atoms with E-state index >= 15 is 0 Å². The van der Waals surface area contributed by atoms with Gasteiger partial charge in [-0.1, -0.05) is 24.6 Å². The molecule has 130 valence electrons. The maximum atomic E-state index is 4.82. The van der Waals surface area contributed by atoms with Crippen LogP contribution in [-0.4, -0.2) is 47.4 Å². The first-order valence-corrected chi connectivity index (χ1v) is 11.1. The SMILES string of the molecule is C(=Nc1ccccc1)C1CCCC1P(N1CCCC1)N1CCCC1. The Morgan fingerprint density at radius 2 is 1.46 bits per heavy atom. The molecule has 3 nitrogen and oxygen atoms in total. The number of nitrogens with zero attached hydrogens (tertiary/aromatic N) is 3. The summed E-state index contributed by atoms with van der Waals surface area (Å²) >= 11 is 0. The molecule has 1 aliphatic carbocycles. The van der Waals surface area contributed by atoms with E-state index in [1.807, 2.05) is 0 Å². The molecule has 4 rings (SSSR count). The molecule has 0 amide bonds. The van der Waals surface area contributed by atoms with Crippen LogP contribution in [0.15, 0.2) is 35.3 Å². The van der Waals surface area contributed by atoms with Crippen molar-refractivity contribution in [1.82, 2.24) is 9.34 Å². The summed E-state index contributed by atoms with van der Waals surface area (Å²) in [5.74, 6) is 0.678. The molecule has 2 atom stereocenters. The van der Waals surface area contributed by atoms with E-state index < -0.39 is 0 Å². The largest absolute Gasteiger partial charge is 0.270 e. The van der Waals surface area contributed by atoms with E-state index in [0.717, 1.165) is 11.3 Å². The summed E-state index contributed by atoms with van der Waals surface area (Å²) in [6.45, 7) is 5.34. The number of para-hydroxylation sites is 1. The van der Waals surface area contributed by atoms with Gasteiger partial charge in [0.2, 0.25) is 0 Å². The Hall–Kier alpha value is -0.760. The Balaban J connectivity index is 1.51. The second-order valence-corrected chi connectivity index (χ2v) is 9.85. The van der Waals surface area contributed by atoms with Gasteiger partial charge in [0.15, 0.2) is 0 Å². The van der Waals surface area contributed by atoms with Gasteiger partial charge in [0.25, 0.3) is 0 Å². The number of aliphatic imine (C=N–C) groups is 1. The Bertz CT molecular complexity index is 519. The van der Waals surface area contributed by atoms with E-state index in [9.17, 15) is 0 Å². The highest BCUT2D eigenvalue weighted by Crippen LogP contribution is 2.58. The van der Waals surface area contributed by atoms with Crippen molar-refractivity contribution in [3.05, 3.63) is 30.3 Å². The van der Waals surface area contributed by atoms with Gasteiger partial charge < -0.3 is 0 Å². The van der Waals surface area contributed by atoms with Crippen LogP contribution >= 0.6 is 8.22 Å². The highest BCUT2D eigenvalue weighted by Gasteiger charge is 2.41. The number of hydrogen-bond acceptors (Lipinski definition) is 3. The van der Waals surface area contributed by atoms with Crippen LogP contribution in [0.1, 0.15) is 44.9 Å². The standard InChI is InChI=1S/C20H30N3P/c1-2-10-19(11-3-1)21-17-18-9-8-12-20(18)24(22-13-4-5-14-22)23-15-6-7-16-23/h1-3,10-11,17-18,20H,4-9,12-16H2. The summed E-state index contributed by atoms with van der Waals surface area (Å²) in [5, 5.41) is 0. The highest BCUT2D eigenvalue weighted by atomic mass is 31.1. The van der Waals surface area contributed by atoms with E-state index in [0.29, 0.717) is 5.92 Å². The van der Waals surface area contributed by atoms with Crippen molar-refractivity contribution in [3.63, 3.8) is 0 Å². The quantitative estimate of drug-likeness (QED) is 0.549. The average molecular weight is 343 g/mol. The molecule has 0 aromatic heterocycles. The fourth-order valence-electron chi connectivity index (χ4n) is 4.53. The lowest BCUT2D eigenvalue weighted by atomic mass is 10.1. The first kappa shape index (κ1) is 16.7. The van der Waals surface area contributed by atoms with Gasteiger partial charge in [-0.2, -0.15) is 0 Å². The lowest BCUT2D eigenvalue weighted by Gasteiger charge is -2.40. The summed E-state index contributed by atoms with van der Waals surface area (Å²) in [6, 6.07) is 10.5. The zero-order valence-electron chi connectivity index (χ0n) is 14.7. The lowest BCUT2D eigenvalue weighted by molar-refractivity contribution is 0.457. The van der Waals surface area contributed by atoms with E-state index in [1.165, 1.54) is 71.1 Å². The van der Waals surface area contributed by atoms with Crippen LogP contribution in [0.25, 0.3) is 0 Å². The second kappa shape index (κ2) is 8.08. The fraction of sp³-hybridized carbons (Fsp3) is 0.650. The molecule has 24 heavy (non-hydrogen) atoms. The van der Waals surface area contributed by atoms with Crippen LogP contribution in [0.2, 0.25) is 0 Å². The molecule has 4 heteroatoms. The molecule has 2 saturated heterocycles. The van der Waals surface area contributed by atoms with Crippen molar-refractivity contribution in [1.29, 1.82) is 0 Å². The predicted molar refractivity (Wildman–Crippen MR) is 104 cm³/mol. The predicted octanol–water partition coefficient (Wildman–Crippen LogP) is 5.06. The molecular weight excluding hydrogens is 313 g/mol. The van der Waals surface area contributed by atoms with E-state index in [4.69, 9.17) is 4.99 Å².